The first kappa shape index (κ1) is 18.1. The monoisotopic (exact) mass is 370 g/mol. The molecule has 0 radical (unpaired) electrons. The summed E-state index contributed by atoms with van der Waals surface area (Å²) >= 11 is 0. The molecule has 4 rings (SSSR count). The summed E-state index contributed by atoms with van der Waals surface area (Å²) in [5, 5.41) is 0. The molecule has 2 aromatic heterocycles. The molecule has 0 spiro atoms. The van der Waals surface area contributed by atoms with Gasteiger partial charge in [0.25, 0.3) is 5.91 Å². The number of hydrogen-bond acceptors (Lipinski definition) is 5. The van der Waals surface area contributed by atoms with Crippen molar-refractivity contribution in [1.82, 2.24) is 19.4 Å². The van der Waals surface area contributed by atoms with Gasteiger partial charge in [0, 0.05) is 44.6 Å². The molecule has 2 aliphatic heterocycles. The number of carbonyl (C=O) groups is 1. The van der Waals surface area contributed by atoms with Crippen molar-refractivity contribution in [1.29, 1.82) is 0 Å². The second kappa shape index (κ2) is 7.78. The lowest BCUT2D eigenvalue weighted by Crippen LogP contribution is -2.31. The molecule has 0 N–H and O–H groups in total. The summed E-state index contributed by atoms with van der Waals surface area (Å²) in [5.41, 5.74) is 2.47. The summed E-state index contributed by atoms with van der Waals surface area (Å²) < 4.78 is 13.6. The average Bonchev–Trinajstić information content (AvgIpc) is 3.34. The molecule has 2 aliphatic rings. The first-order chi connectivity index (χ1) is 13.1. The zero-order chi connectivity index (χ0) is 18.8. The van der Waals surface area contributed by atoms with Gasteiger partial charge in [0.05, 0.1) is 31.3 Å². The Labute approximate surface area is 159 Å². The minimum absolute atomic E-state index is 0.00544. The summed E-state index contributed by atoms with van der Waals surface area (Å²) in [6.07, 6.45) is 4.51. The standard InChI is InChI=1S/C20H26N4O3/c1-14-4-3-5-16(22-14)12-26-7-6-15-11-27-19-10-24(8-17(15)19)20(25)18-9-23(2)13-21-18/h3-5,9,13,15,17,19H,6-8,10-12H2,1-2H3/t15-,17-,19-/m0/s1. The maximum absolute atomic E-state index is 12.6. The van der Waals surface area contributed by atoms with Crippen LogP contribution in [0.3, 0.4) is 0 Å². The van der Waals surface area contributed by atoms with Crippen LogP contribution in [-0.2, 0) is 23.1 Å². The number of amides is 1. The molecule has 2 saturated heterocycles. The average molecular weight is 370 g/mol. The predicted octanol–water partition coefficient (Wildman–Crippen LogP) is 1.82. The molecule has 1 amide bonds. The second-order valence-corrected chi connectivity index (χ2v) is 7.54. The molecule has 0 unspecified atom stereocenters. The predicted molar refractivity (Wildman–Crippen MR) is 99.1 cm³/mol. The van der Waals surface area contributed by atoms with Gasteiger partial charge >= 0.3 is 0 Å². The molecule has 0 aliphatic carbocycles. The Bertz CT molecular complexity index is 806. The van der Waals surface area contributed by atoms with Crippen molar-refractivity contribution in [2.45, 2.75) is 26.1 Å². The van der Waals surface area contributed by atoms with Gasteiger partial charge < -0.3 is 18.9 Å². The highest BCUT2D eigenvalue weighted by molar-refractivity contribution is 5.92. The molecule has 3 atom stereocenters. The van der Waals surface area contributed by atoms with E-state index in [1.807, 2.05) is 37.1 Å². The van der Waals surface area contributed by atoms with E-state index in [9.17, 15) is 4.79 Å². The Hall–Kier alpha value is -2.25. The number of aryl methyl sites for hydroxylation is 2. The van der Waals surface area contributed by atoms with Gasteiger partial charge in [-0.15, -0.1) is 0 Å². The van der Waals surface area contributed by atoms with Crippen LogP contribution in [0.15, 0.2) is 30.7 Å². The molecule has 0 bridgehead atoms. The molecule has 0 saturated carbocycles. The number of likely N-dealkylation sites (tertiary alicyclic amines) is 1. The molecular weight excluding hydrogens is 344 g/mol. The largest absolute Gasteiger partial charge is 0.376 e. The highest BCUT2D eigenvalue weighted by Crippen LogP contribution is 2.36. The van der Waals surface area contributed by atoms with E-state index in [0.29, 0.717) is 37.3 Å². The SMILES string of the molecule is Cc1cccc(COCC[C@H]2CO[C@H]3CN(C(=O)c4cn(C)cn4)C[C@@H]23)n1. The van der Waals surface area contributed by atoms with E-state index >= 15 is 0 Å². The van der Waals surface area contributed by atoms with Crippen molar-refractivity contribution in [2.24, 2.45) is 18.9 Å². The maximum Gasteiger partial charge on any atom is 0.274 e. The summed E-state index contributed by atoms with van der Waals surface area (Å²) in [7, 11) is 1.87. The van der Waals surface area contributed by atoms with Crippen molar-refractivity contribution < 1.29 is 14.3 Å². The third kappa shape index (κ3) is 4.04. The quantitative estimate of drug-likeness (QED) is 0.726. The number of rotatable bonds is 6. The minimum atomic E-state index is -0.00544. The summed E-state index contributed by atoms with van der Waals surface area (Å²) in [6.45, 7) is 5.36. The number of nitrogens with zero attached hydrogens (tertiary/aromatic N) is 4. The first-order valence-corrected chi connectivity index (χ1v) is 9.49. The Morgan fingerprint density at radius 3 is 3.04 bits per heavy atom. The van der Waals surface area contributed by atoms with Gasteiger partial charge in [-0.3, -0.25) is 9.78 Å². The Morgan fingerprint density at radius 2 is 2.26 bits per heavy atom. The number of carbonyl (C=O) groups excluding carboxylic acids is 1. The highest BCUT2D eigenvalue weighted by atomic mass is 16.5. The van der Waals surface area contributed by atoms with E-state index in [-0.39, 0.29) is 12.0 Å². The van der Waals surface area contributed by atoms with Crippen LogP contribution in [0.5, 0.6) is 0 Å². The molecule has 2 fully saturated rings. The van der Waals surface area contributed by atoms with Crippen molar-refractivity contribution in [3.63, 3.8) is 0 Å². The van der Waals surface area contributed by atoms with Gasteiger partial charge in [0.1, 0.15) is 5.69 Å². The number of ether oxygens (including phenoxy) is 2. The lowest BCUT2D eigenvalue weighted by Gasteiger charge is -2.19. The Kier molecular flexibility index (Phi) is 5.22. The fraction of sp³-hybridized carbons (Fsp3) is 0.550. The van der Waals surface area contributed by atoms with E-state index < -0.39 is 0 Å². The number of imidazole rings is 1. The van der Waals surface area contributed by atoms with Gasteiger partial charge in [0.15, 0.2) is 0 Å². The third-order valence-electron chi connectivity index (χ3n) is 5.48. The van der Waals surface area contributed by atoms with E-state index in [4.69, 9.17) is 9.47 Å². The van der Waals surface area contributed by atoms with Gasteiger partial charge in [-0.25, -0.2) is 4.98 Å². The number of aromatic nitrogens is 3. The zero-order valence-corrected chi connectivity index (χ0v) is 15.9. The fourth-order valence-corrected chi connectivity index (χ4v) is 4.04. The summed E-state index contributed by atoms with van der Waals surface area (Å²) in [5.74, 6) is 0.814. The van der Waals surface area contributed by atoms with Crippen LogP contribution in [0.4, 0.5) is 0 Å². The molecular formula is C20H26N4O3. The summed E-state index contributed by atoms with van der Waals surface area (Å²) in [4.78, 5) is 23.1. The van der Waals surface area contributed by atoms with Crippen LogP contribution in [-0.4, -0.2) is 57.7 Å². The minimum Gasteiger partial charge on any atom is -0.376 e. The van der Waals surface area contributed by atoms with E-state index in [2.05, 4.69) is 9.97 Å². The summed E-state index contributed by atoms with van der Waals surface area (Å²) in [6, 6.07) is 5.97. The van der Waals surface area contributed by atoms with Crippen LogP contribution < -0.4 is 0 Å². The molecule has 2 aromatic rings. The van der Waals surface area contributed by atoms with Gasteiger partial charge in [-0.2, -0.15) is 0 Å². The van der Waals surface area contributed by atoms with E-state index in [1.165, 1.54) is 0 Å². The number of hydrogen-bond donors (Lipinski definition) is 0. The smallest absolute Gasteiger partial charge is 0.274 e. The van der Waals surface area contributed by atoms with Crippen LogP contribution in [0.25, 0.3) is 0 Å². The molecule has 0 aromatic carbocycles. The lowest BCUT2D eigenvalue weighted by atomic mass is 9.91. The lowest BCUT2D eigenvalue weighted by molar-refractivity contribution is 0.0643. The molecule has 7 nitrogen and oxygen atoms in total. The van der Waals surface area contributed by atoms with Gasteiger partial charge in [0.2, 0.25) is 0 Å². The van der Waals surface area contributed by atoms with Crippen molar-refractivity contribution in [3.05, 3.63) is 47.8 Å². The van der Waals surface area contributed by atoms with Crippen molar-refractivity contribution in [3.8, 4) is 0 Å². The highest BCUT2D eigenvalue weighted by Gasteiger charge is 2.45. The van der Waals surface area contributed by atoms with Crippen molar-refractivity contribution >= 4 is 5.91 Å². The Morgan fingerprint density at radius 1 is 1.37 bits per heavy atom. The van der Waals surface area contributed by atoms with Crippen LogP contribution >= 0.6 is 0 Å². The molecule has 4 heterocycles. The normalized spacial score (nSPS) is 24.4. The van der Waals surface area contributed by atoms with Gasteiger partial charge in [-0.05, 0) is 31.4 Å². The van der Waals surface area contributed by atoms with Crippen LogP contribution in [0.2, 0.25) is 0 Å². The second-order valence-electron chi connectivity index (χ2n) is 7.54. The van der Waals surface area contributed by atoms with Gasteiger partial charge in [-0.1, -0.05) is 6.07 Å². The first-order valence-electron chi connectivity index (χ1n) is 9.49. The fourth-order valence-electron chi connectivity index (χ4n) is 4.04. The zero-order valence-electron chi connectivity index (χ0n) is 15.9. The van der Waals surface area contributed by atoms with E-state index in [0.717, 1.165) is 31.0 Å². The molecule has 7 heteroatoms. The molecule has 27 heavy (non-hydrogen) atoms. The number of pyridine rings is 1. The number of fused-ring (bicyclic) bond motifs is 1. The molecule has 144 valence electrons. The topological polar surface area (TPSA) is 69.5 Å². The third-order valence-corrected chi connectivity index (χ3v) is 5.48. The maximum atomic E-state index is 12.6. The van der Waals surface area contributed by atoms with E-state index in [1.54, 1.807) is 17.1 Å². The Balaban J connectivity index is 1.26. The van der Waals surface area contributed by atoms with Crippen molar-refractivity contribution in [2.75, 3.05) is 26.3 Å². The van der Waals surface area contributed by atoms with Crippen LogP contribution in [0, 0.1) is 18.8 Å². The van der Waals surface area contributed by atoms with Crippen LogP contribution in [0.1, 0.15) is 28.3 Å².